The summed E-state index contributed by atoms with van der Waals surface area (Å²) in [7, 11) is 0. The minimum atomic E-state index is -1.56. The van der Waals surface area contributed by atoms with E-state index in [-0.39, 0.29) is 57.4 Å². The highest BCUT2D eigenvalue weighted by molar-refractivity contribution is 5.95. The van der Waals surface area contributed by atoms with E-state index < -0.39 is 85.3 Å². The number of halogens is 1. The Bertz CT molecular complexity index is 2440. The normalized spacial score (nSPS) is 14.4. The number of rotatable bonds is 26. The van der Waals surface area contributed by atoms with Crippen LogP contribution in [0.5, 0.6) is 17.2 Å². The van der Waals surface area contributed by atoms with Crippen molar-refractivity contribution in [1.29, 1.82) is 0 Å². The number of ketones is 2. The lowest BCUT2D eigenvalue weighted by Gasteiger charge is -2.32. The maximum absolute atomic E-state index is 16.5. The topological polar surface area (TPSA) is 175 Å². The number of hydrogen-bond donors (Lipinski definition) is 0. The van der Waals surface area contributed by atoms with Crippen molar-refractivity contribution in [2.45, 2.75) is 125 Å². The Labute approximate surface area is 410 Å². The second-order valence-corrected chi connectivity index (χ2v) is 18.5. The molecule has 70 heavy (non-hydrogen) atoms. The minimum absolute atomic E-state index is 0.0109. The molecule has 1 aliphatic carbocycles. The molecular formula is C56H67FO13. The molecule has 0 N–H and O–H groups in total. The third kappa shape index (κ3) is 16.5. The smallest absolute Gasteiger partial charge is 0.338 e. The second-order valence-electron chi connectivity index (χ2n) is 18.5. The zero-order valence-corrected chi connectivity index (χ0v) is 41.7. The van der Waals surface area contributed by atoms with Crippen molar-refractivity contribution in [2.24, 2.45) is 11.3 Å². The van der Waals surface area contributed by atoms with Gasteiger partial charge in [-0.15, -0.1) is 0 Å². The Balaban J connectivity index is 1.79. The van der Waals surface area contributed by atoms with E-state index in [1.165, 1.54) is 78.5 Å². The van der Waals surface area contributed by atoms with Gasteiger partial charge in [-0.1, -0.05) is 77.5 Å². The summed E-state index contributed by atoms with van der Waals surface area (Å²) in [5.74, 6) is -4.37. The van der Waals surface area contributed by atoms with Gasteiger partial charge in [-0.05, 0) is 126 Å². The Hall–Kier alpha value is -6.70. The molecule has 0 spiro atoms. The molecule has 0 aliphatic heterocycles. The molecular weight excluding hydrogens is 900 g/mol. The maximum atomic E-state index is 16.5. The molecule has 0 aromatic heterocycles. The SMILES string of the molecule is C=C(C)C(=O)OCC(COC(=O)CC(C)=O)(COC(=O)CC(C)=O)COc1ccc(-c2cc(OC(=O)C(=C)C)c(-c3ccc(C4CCC(CCCCC)CC4)cc3F)cc2OC(=O)C(=C)C)cc1CC. The lowest BCUT2D eigenvalue weighted by molar-refractivity contribution is -0.163. The van der Waals surface area contributed by atoms with Gasteiger partial charge in [0.05, 0.1) is 0 Å². The number of benzene rings is 3. The Morgan fingerprint density at radius 3 is 1.66 bits per heavy atom. The molecule has 14 heteroatoms. The standard InChI is InChI=1S/C56H67FO13/c1-11-13-14-15-39-16-18-41(19-17-39)42-20-22-44(47(57)27-42)46-29-49(69-54(63)35(5)6)45(28-50(46)70-55(64)36(7)8)43-21-23-48(40(12-2)26-43)65-30-56(33-68-53(62)34(3)4,31-66-51(60)24-37(9)58)32-67-52(61)25-38(10)59/h20-23,26-29,39,41H,3,5,7,11-19,24-25,30-33H2,1-2,4,6,8-10H3. The summed E-state index contributed by atoms with van der Waals surface area (Å²) in [6, 6.07) is 13.0. The van der Waals surface area contributed by atoms with Crippen molar-refractivity contribution < 1.29 is 66.4 Å². The molecule has 3 aromatic rings. The Morgan fingerprint density at radius 1 is 0.600 bits per heavy atom. The summed E-state index contributed by atoms with van der Waals surface area (Å²) in [5, 5.41) is 0. The first-order valence-electron chi connectivity index (χ1n) is 23.8. The van der Waals surface area contributed by atoms with Crippen LogP contribution in [-0.2, 0) is 54.2 Å². The number of carbonyl (C=O) groups is 7. The second kappa shape index (κ2) is 26.3. The van der Waals surface area contributed by atoms with E-state index in [0.717, 1.165) is 31.2 Å². The first-order chi connectivity index (χ1) is 33.1. The lowest BCUT2D eigenvalue weighted by atomic mass is 9.77. The summed E-state index contributed by atoms with van der Waals surface area (Å²) in [4.78, 5) is 87.7. The highest BCUT2D eigenvalue weighted by atomic mass is 19.1. The summed E-state index contributed by atoms with van der Waals surface area (Å²) in [5.41, 5.74) is 1.19. The molecule has 1 fully saturated rings. The van der Waals surface area contributed by atoms with Crippen LogP contribution in [0.2, 0.25) is 0 Å². The van der Waals surface area contributed by atoms with Gasteiger partial charge in [0, 0.05) is 33.4 Å². The van der Waals surface area contributed by atoms with Crippen LogP contribution >= 0.6 is 0 Å². The maximum Gasteiger partial charge on any atom is 0.338 e. The summed E-state index contributed by atoms with van der Waals surface area (Å²) in [6.45, 7) is 20.0. The van der Waals surface area contributed by atoms with E-state index in [4.69, 9.17) is 28.4 Å². The number of carbonyl (C=O) groups excluding carboxylic acids is 7. The molecule has 1 aliphatic rings. The van der Waals surface area contributed by atoms with Crippen LogP contribution in [0, 0.1) is 17.2 Å². The number of hydrogen-bond acceptors (Lipinski definition) is 13. The van der Waals surface area contributed by atoms with Gasteiger partial charge in [0.1, 0.15) is 79.3 Å². The number of unbranched alkanes of at least 4 members (excludes halogenated alkanes) is 2. The first kappa shape index (κ1) is 55.9. The van der Waals surface area contributed by atoms with E-state index in [0.29, 0.717) is 29.2 Å². The molecule has 0 saturated heterocycles. The monoisotopic (exact) mass is 966 g/mol. The Morgan fingerprint density at radius 2 is 1.14 bits per heavy atom. The van der Waals surface area contributed by atoms with Crippen molar-refractivity contribution in [1.82, 2.24) is 0 Å². The first-order valence-corrected chi connectivity index (χ1v) is 23.8. The van der Waals surface area contributed by atoms with E-state index in [1.54, 1.807) is 24.3 Å². The zero-order valence-electron chi connectivity index (χ0n) is 41.7. The molecule has 0 amide bonds. The third-order valence-electron chi connectivity index (χ3n) is 12.0. The third-order valence-corrected chi connectivity index (χ3v) is 12.0. The molecule has 0 bridgehead atoms. The van der Waals surface area contributed by atoms with Crippen molar-refractivity contribution >= 4 is 41.4 Å². The molecule has 0 heterocycles. The fourth-order valence-electron chi connectivity index (χ4n) is 7.97. The van der Waals surface area contributed by atoms with Gasteiger partial charge < -0.3 is 28.4 Å². The molecule has 1 saturated carbocycles. The van der Waals surface area contributed by atoms with Gasteiger partial charge in [0.15, 0.2) is 0 Å². The van der Waals surface area contributed by atoms with Crippen LogP contribution in [0.3, 0.4) is 0 Å². The predicted octanol–water partition coefficient (Wildman–Crippen LogP) is 11.1. The average Bonchev–Trinajstić information content (AvgIpc) is 3.31. The van der Waals surface area contributed by atoms with Gasteiger partial charge >= 0.3 is 29.8 Å². The Kier molecular flexibility index (Phi) is 21.0. The lowest BCUT2D eigenvalue weighted by Crippen LogP contribution is -2.44. The van der Waals surface area contributed by atoms with Crippen LogP contribution in [0.15, 0.2) is 85.0 Å². The quantitative estimate of drug-likeness (QED) is 0.0186. The molecule has 13 nitrogen and oxygen atoms in total. The largest absolute Gasteiger partial charge is 0.492 e. The highest BCUT2D eigenvalue weighted by Gasteiger charge is 2.38. The van der Waals surface area contributed by atoms with Crippen LogP contribution in [0.1, 0.15) is 130 Å². The fraction of sp³-hybridized carbons (Fsp3) is 0.446. The van der Waals surface area contributed by atoms with Gasteiger partial charge in [0.25, 0.3) is 0 Å². The molecule has 0 atom stereocenters. The summed E-state index contributed by atoms with van der Waals surface area (Å²) in [6.07, 6.45) is 8.26. The molecule has 0 radical (unpaired) electrons. The zero-order chi connectivity index (χ0) is 51.7. The van der Waals surface area contributed by atoms with Crippen LogP contribution in [0.25, 0.3) is 22.3 Å². The number of Topliss-reactive ketones (excluding diaryl/α,β-unsaturated/α-hetero) is 2. The predicted molar refractivity (Wildman–Crippen MR) is 263 cm³/mol. The van der Waals surface area contributed by atoms with Crippen molar-refractivity contribution in [3.63, 3.8) is 0 Å². The average molecular weight is 967 g/mol. The number of aryl methyl sites for hydroxylation is 1. The van der Waals surface area contributed by atoms with Crippen molar-refractivity contribution in [2.75, 3.05) is 26.4 Å². The highest BCUT2D eigenvalue weighted by Crippen LogP contribution is 2.45. The molecule has 3 aromatic carbocycles. The summed E-state index contributed by atoms with van der Waals surface area (Å²) < 4.78 is 51.0. The fourth-order valence-corrected chi connectivity index (χ4v) is 7.97. The minimum Gasteiger partial charge on any atom is -0.492 e. The van der Waals surface area contributed by atoms with Crippen LogP contribution in [0.4, 0.5) is 4.39 Å². The van der Waals surface area contributed by atoms with E-state index in [9.17, 15) is 33.6 Å². The van der Waals surface area contributed by atoms with Crippen LogP contribution in [-0.4, -0.2) is 67.8 Å². The molecule has 4 rings (SSSR count). The van der Waals surface area contributed by atoms with Gasteiger partial charge in [-0.25, -0.2) is 18.8 Å². The van der Waals surface area contributed by atoms with E-state index >= 15 is 4.39 Å². The number of ether oxygens (including phenoxy) is 6. The van der Waals surface area contributed by atoms with Crippen molar-refractivity contribution in [3.05, 3.63) is 102 Å². The van der Waals surface area contributed by atoms with Gasteiger partial charge in [-0.3, -0.25) is 19.2 Å². The molecule has 376 valence electrons. The van der Waals surface area contributed by atoms with Crippen molar-refractivity contribution in [3.8, 4) is 39.5 Å². The summed E-state index contributed by atoms with van der Waals surface area (Å²) >= 11 is 0. The van der Waals surface area contributed by atoms with Gasteiger partial charge in [0.2, 0.25) is 0 Å². The van der Waals surface area contributed by atoms with Crippen LogP contribution < -0.4 is 14.2 Å². The van der Waals surface area contributed by atoms with Gasteiger partial charge in [-0.2, -0.15) is 0 Å². The number of esters is 5. The van der Waals surface area contributed by atoms with E-state index in [1.807, 2.05) is 13.0 Å². The van der Waals surface area contributed by atoms with E-state index in [2.05, 4.69) is 26.7 Å². The molecule has 0 unspecified atom stereocenters.